The van der Waals surface area contributed by atoms with E-state index in [4.69, 9.17) is 17.9 Å². The molecule has 1 unspecified atom stereocenters. The van der Waals surface area contributed by atoms with Gasteiger partial charge in [0.2, 0.25) is 5.89 Å². The number of unbranched alkanes of at least 4 members (excludes halogenated alkanes) is 2. The molecule has 2 amide bonds. The van der Waals surface area contributed by atoms with Crippen molar-refractivity contribution in [2.24, 2.45) is 0 Å². The van der Waals surface area contributed by atoms with Gasteiger partial charge in [0, 0.05) is 61.1 Å². The first kappa shape index (κ1) is 31.5. The van der Waals surface area contributed by atoms with E-state index in [0.717, 1.165) is 37.1 Å². The minimum absolute atomic E-state index is 0.136. The number of carbonyl (C=O) groups is 2. The molecule has 0 saturated heterocycles. The number of carboxylic acids is 1. The standard InChI is InChI=1S/C27H36N4O7S2/c1-36-39-18-6-15-31(27(34)28-13-5-3-4-8-25(32)33)22-9-10-23-24(20-22)38-26(29-23)21-11-16-30(17-12-21)14-7-19-40(35)37-2/h9-12,16-17,20H,3-8,13-15,18-19H2,1-2H3,(H-,28,32,33,34)/p+1. The average Bonchev–Trinajstić information content (AvgIpc) is 3.38. The fourth-order valence-corrected chi connectivity index (χ4v) is 4.93. The summed E-state index contributed by atoms with van der Waals surface area (Å²) in [6, 6.07) is 9.13. The summed E-state index contributed by atoms with van der Waals surface area (Å²) in [5.41, 5.74) is 2.78. The highest BCUT2D eigenvalue weighted by atomic mass is 32.2. The number of nitrogens with zero attached hydrogens (tertiary/aromatic N) is 3. The van der Waals surface area contributed by atoms with Gasteiger partial charge in [-0.15, -0.1) is 0 Å². The zero-order valence-electron chi connectivity index (χ0n) is 22.9. The molecule has 1 aromatic carbocycles. The van der Waals surface area contributed by atoms with Crippen LogP contribution < -0.4 is 14.8 Å². The fourth-order valence-electron chi connectivity index (χ4n) is 3.98. The van der Waals surface area contributed by atoms with Crippen molar-refractivity contribution in [1.82, 2.24) is 10.3 Å². The molecular formula is C27H37N4O7S2+. The number of hydrogen-bond donors (Lipinski definition) is 2. The molecule has 0 aliphatic carbocycles. The van der Waals surface area contributed by atoms with Crippen LogP contribution in [0, 0.1) is 0 Å². The molecule has 13 heteroatoms. The summed E-state index contributed by atoms with van der Waals surface area (Å²) in [5.74, 6) is 0.891. The number of nitrogens with one attached hydrogen (secondary N) is 1. The van der Waals surface area contributed by atoms with Crippen molar-refractivity contribution in [2.45, 2.75) is 45.1 Å². The Balaban J connectivity index is 1.67. The van der Waals surface area contributed by atoms with Crippen LogP contribution in [0.5, 0.6) is 0 Å². The first-order valence-corrected chi connectivity index (χ1v) is 15.3. The molecule has 3 rings (SSSR count). The Morgan fingerprint density at radius 1 is 1.12 bits per heavy atom. The minimum Gasteiger partial charge on any atom is -0.481 e. The number of hydrogen-bond acceptors (Lipinski definition) is 8. The molecule has 0 fully saturated rings. The van der Waals surface area contributed by atoms with E-state index < -0.39 is 17.0 Å². The summed E-state index contributed by atoms with van der Waals surface area (Å²) in [5, 5.41) is 11.7. The Kier molecular flexibility index (Phi) is 13.4. The highest BCUT2D eigenvalue weighted by molar-refractivity contribution is 7.94. The highest BCUT2D eigenvalue weighted by Crippen LogP contribution is 2.27. The van der Waals surface area contributed by atoms with Crippen LogP contribution in [-0.2, 0) is 30.8 Å². The lowest BCUT2D eigenvalue weighted by Gasteiger charge is -2.23. The summed E-state index contributed by atoms with van der Waals surface area (Å²) < 4.78 is 29.3. The Hall–Kier alpha value is -3.00. The summed E-state index contributed by atoms with van der Waals surface area (Å²) in [4.78, 5) is 30.1. The Bertz CT molecular complexity index is 1250. The fraction of sp³-hybridized carbons (Fsp3) is 0.481. The number of urea groups is 1. The summed E-state index contributed by atoms with van der Waals surface area (Å²) in [6.45, 7) is 1.68. The van der Waals surface area contributed by atoms with Gasteiger partial charge < -0.3 is 19.0 Å². The van der Waals surface area contributed by atoms with Gasteiger partial charge in [-0.25, -0.2) is 18.6 Å². The zero-order valence-corrected chi connectivity index (χ0v) is 24.5. The van der Waals surface area contributed by atoms with Crippen LogP contribution >= 0.6 is 12.0 Å². The number of oxazole rings is 1. The maximum Gasteiger partial charge on any atom is 0.321 e. The van der Waals surface area contributed by atoms with E-state index in [-0.39, 0.29) is 12.5 Å². The second kappa shape index (κ2) is 17.0. The molecule has 2 aromatic heterocycles. The Labute approximate surface area is 241 Å². The van der Waals surface area contributed by atoms with E-state index in [1.807, 2.05) is 47.3 Å². The van der Waals surface area contributed by atoms with Crippen molar-refractivity contribution in [3.63, 3.8) is 0 Å². The third-order valence-corrected chi connectivity index (χ3v) is 7.74. The van der Waals surface area contributed by atoms with E-state index in [2.05, 4.69) is 10.3 Å². The van der Waals surface area contributed by atoms with Gasteiger partial charge >= 0.3 is 12.0 Å². The minimum atomic E-state index is -1.25. The lowest BCUT2D eigenvalue weighted by atomic mass is 10.2. The molecule has 0 aliphatic heterocycles. The van der Waals surface area contributed by atoms with E-state index >= 15 is 0 Å². The van der Waals surface area contributed by atoms with E-state index in [9.17, 15) is 13.8 Å². The predicted molar refractivity (Wildman–Crippen MR) is 155 cm³/mol. The van der Waals surface area contributed by atoms with Crippen LogP contribution in [0.25, 0.3) is 22.6 Å². The summed E-state index contributed by atoms with van der Waals surface area (Å²) in [7, 11) is 3.05. The molecule has 2 heterocycles. The lowest BCUT2D eigenvalue weighted by Crippen LogP contribution is -2.41. The predicted octanol–water partition coefficient (Wildman–Crippen LogP) is 4.33. The van der Waals surface area contributed by atoms with Gasteiger partial charge in [0.15, 0.2) is 29.1 Å². The van der Waals surface area contributed by atoms with Crippen molar-refractivity contribution in [1.29, 1.82) is 0 Å². The van der Waals surface area contributed by atoms with Crippen molar-refractivity contribution in [3.05, 3.63) is 42.7 Å². The van der Waals surface area contributed by atoms with E-state index in [1.54, 1.807) is 12.0 Å². The second-order valence-electron chi connectivity index (χ2n) is 8.95. The van der Waals surface area contributed by atoms with Crippen LogP contribution in [0.15, 0.2) is 47.1 Å². The van der Waals surface area contributed by atoms with Gasteiger partial charge in [0.25, 0.3) is 0 Å². The molecule has 0 bridgehead atoms. The van der Waals surface area contributed by atoms with Crippen molar-refractivity contribution < 1.29 is 36.3 Å². The number of pyridine rings is 1. The van der Waals surface area contributed by atoms with E-state index in [1.165, 1.54) is 19.2 Å². The number of amides is 2. The normalized spacial score (nSPS) is 11.9. The van der Waals surface area contributed by atoms with Gasteiger partial charge in [0.1, 0.15) is 12.1 Å². The maximum atomic E-state index is 13.1. The van der Waals surface area contributed by atoms with Crippen LogP contribution in [0.4, 0.5) is 10.5 Å². The number of carboxylic acid groups (broad SMARTS) is 1. The number of aromatic nitrogens is 2. The average molecular weight is 594 g/mol. The monoisotopic (exact) mass is 593 g/mol. The molecule has 3 aromatic rings. The summed E-state index contributed by atoms with van der Waals surface area (Å²) in [6.07, 6.45) is 7.49. The number of aliphatic carboxylic acids is 1. The quantitative estimate of drug-likeness (QED) is 0.126. The number of fused-ring (bicyclic) bond motifs is 1. The summed E-state index contributed by atoms with van der Waals surface area (Å²) >= 11 is 0.0895. The topological polar surface area (TPSA) is 135 Å². The number of anilines is 1. The lowest BCUT2D eigenvalue weighted by molar-refractivity contribution is -0.696. The first-order chi connectivity index (χ1) is 19.4. The third kappa shape index (κ3) is 10.2. The molecule has 11 nitrogen and oxygen atoms in total. The number of aryl methyl sites for hydroxylation is 1. The van der Waals surface area contributed by atoms with Crippen LogP contribution in [0.1, 0.15) is 38.5 Å². The zero-order chi connectivity index (χ0) is 28.7. The molecule has 0 spiro atoms. The molecule has 218 valence electrons. The highest BCUT2D eigenvalue weighted by Gasteiger charge is 2.18. The molecule has 40 heavy (non-hydrogen) atoms. The Morgan fingerprint density at radius 3 is 2.65 bits per heavy atom. The number of rotatable bonds is 18. The smallest absolute Gasteiger partial charge is 0.321 e. The van der Waals surface area contributed by atoms with Gasteiger partial charge in [-0.05, 0) is 43.4 Å². The SMILES string of the molecule is COSCCCN(C(=O)NCCCCCC(=O)O)c1ccc2nc(-c3cc[n+](CCCS(=O)OC)cc3)oc2c1. The van der Waals surface area contributed by atoms with Crippen molar-refractivity contribution in [2.75, 3.05) is 43.7 Å². The number of carbonyl (C=O) groups excluding carboxylic acids is 1. The maximum absolute atomic E-state index is 13.1. The third-order valence-electron chi connectivity index (χ3n) is 6.05. The molecule has 1 atom stereocenters. The Morgan fingerprint density at radius 2 is 1.93 bits per heavy atom. The van der Waals surface area contributed by atoms with Crippen LogP contribution in [-0.4, -0.2) is 65.1 Å². The molecule has 0 aliphatic rings. The van der Waals surface area contributed by atoms with Crippen molar-refractivity contribution >= 4 is 51.9 Å². The van der Waals surface area contributed by atoms with Gasteiger partial charge in [-0.3, -0.25) is 13.9 Å². The van der Waals surface area contributed by atoms with Gasteiger partial charge in [-0.1, -0.05) is 6.42 Å². The molecule has 0 saturated carbocycles. The van der Waals surface area contributed by atoms with E-state index in [0.29, 0.717) is 54.4 Å². The first-order valence-electron chi connectivity index (χ1n) is 13.2. The molecular weight excluding hydrogens is 556 g/mol. The number of benzene rings is 1. The largest absolute Gasteiger partial charge is 0.481 e. The van der Waals surface area contributed by atoms with Crippen LogP contribution in [0.3, 0.4) is 0 Å². The molecule has 0 radical (unpaired) electrons. The van der Waals surface area contributed by atoms with Crippen LogP contribution in [0.2, 0.25) is 0 Å². The van der Waals surface area contributed by atoms with Gasteiger partial charge in [0.05, 0.1) is 20.0 Å². The second-order valence-corrected chi connectivity index (χ2v) is 11.3. The molecule has 2 N–H and O–H groups in total. The van der Waals surface area contributed by atoms with Gasteiger partial charge in [-0.2, -0.15) is 0 Å². The van der Waals surface area contributed by atoms with Crippen molar-refractivity contribution in [3.8, 4) is 11.5 Å².